The summed E-state index contributed by atoms with van der Waals surface area (Å²) in [6, 6.07) is 22.6. The van der Waals surface area contributed by atoms with Gasteiger partial charge in [0, 0.05) is 51.1 Å². The van der Waals surface area contributed by atoms with Crippen molar-refractivity contribution < 1.29 is 0 Å². The molecule has 3 aromatic carbocycles. The van der Waals surface area contributed by atoms with Gasteiger partial charge >= 0.3 is 0 Å². The number of nitrogens with zero attached hydrogens (tertiary/aromatic N) is 4. The van der Waals surface area contributed by atoms with E-state index in [4.69, 9.17) is 9.97 Å². The van der Waals surface area contributed by atoms with Gasteiger partial charge in [-0.1, -0.05) is 69.3 Å². The van der Waals surface area contributed by atoms with E-state index in [1.807, 2.05) is 0 Å². The van der Waals surface area contributed by atoms with E-state index in [1.165, 1.54) is 95.8 Å². The number of aromatic nitrogens is 4. The molecule has 3 aromatic heterocycles. The van der Waals surface area contributed by atoms with Crippen molar-refractivity contribution in [3.63, 3.8) is 0 Å². The van der Waals surface area contributed by atoms with Crippen LogP contribution in [0.2, 0.25) is 0 Å². The van der Waals surface area contributed by atoms with Crippen molar-refractivity contribution in [3.8, 4) is 28.2 Å². The van der Waals surface area contributed by atoms with Crippen molar-refractivity contribution in [2.75, 3.05) is 0 Å². The maximum Gasteiger partial charge on any atom is 0.274 e. The fourth-order valence-electron chi connectivity index (χ4n) is 11.4. The van der Waals surface area contributed by atoms with E-state index >= 15 is 0 Å². The molecule has 0 unspecified atom stereocenters. The lowest BCUT2D eigenvalue weighted by Gasteiger charge is -2.42. The summed E-state index contributed by atoms with van der Waals surface area (Å²) in [4.78, 5) is 10.9. The highest BCUT2D eigenvalue weighted by Gasteiger charge is 2.52. The molecule has 4 nitrogen and oxygen atoms in total. The van der Waals surface area contributed by atoms with Crippen LogP contribution in [0.4, 0.5) is 0 Å². The first kappa shape index (κ1) is 25.9. The topological polar surface area (TPSA) is 35.1 Å². The first-order valence-electron chi connectivity index (χ1n) is 18.3. The Morgan fingerprint density at radius 2 is 1.38 bits per heavy atom. The molecule has 0 spiro atoms. The minimum Gasteiger partial charge on any atom is -0.302 e. The average Bonchev–Trinajstić information content (AvgIpc) is 3.67. The molecule has 0 atom stereocenters. The smallest absolute Gasteiger partial charge is 0.274 e. The molecule has 0 amide bonds. The molecule has 2 saturated carbocycles. The third-order valence-electron chi connectivity index (χ3n) is 13.4. The van der Waals surface area contributed by atoms with E-state index in [0.717, 1.165) is 16.9 Å². The number of hydrogen-bond acceptors (Lipinski definition) is 2. The summed E-state index contributed by atoms with van der Waals surface area (Å²) < 4.78 is 5.77. The lowest BCUT2D eigenvalue weighted by molar-refractivity contribution is 0.331. The average molecular weight is 611 g/mol. The number of rotatable bonds is 1. The highest BCUT2D eigenvalue weighted by molar-refractivity contribution is 7.00. The molecule has 8 aliphatic rings. The van der Waals surface area contributed by atoms with Crippen LogP contribution in [-0.4, -0.2) is 25.6 Å². The van der Waals surface area contributed by atoms with Crippen molar-refractivity contribution in [1.29, 1.82) is 0 Å². The molecular formula is C42H39BN4. The molecule has 5 heteroatoms. The normalized spacial score (nSPS) is 24.2. The van der Waals surface area contributed by atoms with Gasteiger partial charge in [-0.25, -0.2) is 9.97 Å². The highest BCUT2D eigenvalue weighted by Crippen LogP contribution is 2.57. The summed E-state index contributed by atoms with van der Waals surface area (Å²) in [7, 11) is 0. The Hall–Kier alpha value is -4.12. The Kier molecular flexibility index (Phi) is 4.67. The van der Waals surface area contributed by atoms with Crippen molar-refractivity contribution in [2.24, 2.45) is 0 Å². The summed E-state index contributed by atoms with van der Waals surface area (Å²) >= 11 is 0. The van der Waals surface area contributed by atoms with E-state index in [9.17, 15) is 0 Å². The molecule has 230 valence electrons. The van der Waals surface area contributed by atoms with Crippen LogP contribution < -0.4 is 16.5 Å². The number of fused-ring (bicyclic) bond motifs is 8. The fraction of sp³-hybridized carbons (Fsp3) is 0.381. The van der Waals surface area contributed by atoms with Gasteiger partial charge in [-0.3, -0.25) is 4.57 Å². The molecule has 47 heavy (non-hydrogen) atoms. The quantitative estimate of drug-likeness (QED) is 0.177. The lowest BCUT2D eigenvalue weighted by Crippen LogP contribution is -2.60. The molecule has 4 bridgehead atoms. The minimum absolute atomic E-state index is 0.0337. The molecule has 14 rings (SSSR count). The van der Waals surface area contributed by atoms with Gasteiger partial charge in [-0.2, -0.15) is 0 Å². The number of hydrogen-bond donors (Lipinski definition) is 0. The summed E-state index contributed by atoms with van der Waals surface area (Å²) in [5, 5.41) is 1.26. The Morgan fingerprint density at radius 3 is 2.13 bits per heavy atom. The predicted molar refractivity (Wildman–Crippen MR) is 192 cm³/mol. The molecule has 6 aromatic rings. The Bertz CT molecular complexity index is 2370. The monoisotopic (exact) mass is 610 g/mol. The van der Waals surface area contributed by atoms with Crippen LogP contribution in [0.3, 0.4) is 0 Å². The summed E-state index contributed by atoms with van der Waals surface area (Å²) in [6.07, 6.45) is 10.8. The molecule has 5 heterocycles. The summed E-state index contributed by atoms with van der Waals surface area (Å²) in [5.74, 6) is 3.55. The second kappa shape index (κ2) is 8.48. The van der Waals surface area contributed by atoms with Crippen molar-refractivity contribution in [2.45, 2.75) is 101 Å². The van der Waals surface area contributed by atoms with Gasteiger partial charge < -0.3 is 4.40 Å². The van der Waals surface area contributed by atoms with Gasteiger partial charge in [-0.15, -0.1) is 0 Å². The maximum absolute atomic E-state index is 5.64. The van der Waals surface area contributed by atoms with Gasteiger partial charge in [-0.05, 0) is 114 Å². The maximum atomic E-state index is 5.64. The van der Waals surface area contributed by atoms with Gasteiger partial charge in [0.2, 0.25) is 0 Å². The van der Waals surface area contributed by atoms with Crippen molar-refractivity contribution in [1.82, 2.24) is 18.9 Å². The predicted octanol–water partition coefficient (Wildman–Crippen LogP) is 7.96. The van der Waals surface area contributed by atoms with Crippen LogP contribution in [0.15, 0.2) is 60.7 Å². The standard InChI is InChI=1S/C42H39BN4/c1-42(2,3)27-20-29-28-10-7-11-30-33(28)39(45-40(44-30)26-8-5-4-6-9-26)43-34(29)31(21-27)46-37-24-16-18-25(19-17-24)38(37)47-36-23-14-12-22(13-15-23)32(36)35(43)41(46)47/h4-11,20-25H,12-19H2,1-3H3. The van der Waals surface area contributed by atoms with Crippen molar-refractivity contribution >= 4 is 39.8 Å². The number of imidazole rings is 1. The zero-order valence-electron chi connectivity index (χ0n) is 27.6. The Morgan fingerprint density at radius 1 is 0.681 bits per heavy atom. The zero-order valence-corrected chi connectivity index (χ0v) is 27.6. The van der Waals surface area contributed by atoms with Gasteiger partial charge in [0.05, 0.1) is 5.52 Å². The van der Waals surface area contributed by atoms with Crippen LogP contribution in [0.25, 0.3) is 44.8 Å². The highest BCUT2D eigenvalue weighted by atomic mass is 15.2. The second-order valence-corrected chi connectivity index (χ2v) is 16.7. The molecule has 2 aliphatic heterocycles. The SMILES string of the molecule is CC(C)(C)c1cc2c3c(c1)-n1c4c(n5c6c(c(c15)B3c1nc(-c3ccccc3)nc3cccc-2c13)C1CCC6CC1)C1CCC4CC1. The second-order valence-electron chi connectivity index (χ2n) is 16.7. The minimum atomic E-state index is 0.0337. The molecule has 6 aliphatic carbocycles. The van der Waals surface area contributed by atoms with Gasteiger partial charge in [0.15, 0.2) is 5.82 Å². The van der Waals surface area contributed by atoms with Crippen LogP contribution in [0.5, 0.6) is 0 Å². The molecule has 0 N–H and O–H groups in total. The van der Waals surface area contributed by atoms with E-state index < -0.39 is 0 Å². The zero-order chi connectivity index (χ0) is 30.9. The first-order chi connectivity index (χ1) is 23.0. The fourth-order valence-corrected chi connectivity index (χ4v) is 11.4. The van der Waals surface area contributed by atoms with E-state index in [-0.39, 0.29) is 12.1 Å². The summed E-state index contributed by atoms with van der Waals surface area (Å²) in [6.45, 7) is 7.28. The Labute approximate surface area is 276 Å². The van der Waals surface area contributed by atoms with Crippen LogP contribution >= 0.6 is 0 Å². The third-order valence-corrected chi connectivity index (χ3v) is 13.4. The lowest BCUT2D eigenvalue weighted by atomic mass is 9.33. The van der Waals surface area contributed by atoms with E-state index in [2.05, 4.69) is 90.4 Å². The van der Waals surface area contributed by atoms with E-state index in [1.54, 1.807) is 28.1 Å². The van der Waals surface area contributed by atoms with Crippen LogP contribution in [-0.2, 0) is 5.41 Å². The van der Waals surface area contributed by atoms with Crippen LogP contribution in [0, 0.1) is 0 Å². The molecule has 2 fully saturated rings. The van der Waals surface area contributed by atoms with Crippen LogP contribution in [0.1, 0.15) is 124 Å². The number of benzene rings is 3. The first-order valence-corrected chi connectivity index (χ1v) is 18.3. The van der Waals surface area contributed by atoms with Crippen molar-refractivity contribution in [3.05, 3.63) is 88.9 Å². The molecule has 0 radical (unpaired) electrons. The third kappa shape index (κ3) is 3.05. The molecule has 0 saturated heterocycles. The van der Waals surface area contributed by atoms with Gasteiger partial charge in [0.25, 0.3) is 6.71 Å². The molecular weight excluding hydrogens is 571 g/mol. The largest absolute Gasteiger partial charge is 0.302 e. The van der Waals surface area contributed by atoms with Gasteiger partial charge in [0.1, 0.15) is 5.65 Å². The Balaban J connectivity index is 1.30. The van der Waals surface area contributed by atoms with E-state index in [0.29, 0.717) is 23.7 Å². The summed E-state index contributed by atoms with van der Waals surface area (Å²) in [5.41, 5.74) is 20.4.